The van der Waals surface area contributed by atoms with E-state index < -0.39 is 18.5 Å². The number of ether oxygens (including phenoxy) is 1. The predicted octanol–water partition coefficient (Wildman–Crippen LogP) is 6.16. The SMILES string of the molecule is CCc1c(OP(O)(O)=S)ccc([C@@H](C)CC)c1Oc1ccc(C(F)(F)F)cc1. The zero-order chi connectivity index (χ0) is 21.1. The van der Waals surface area contributed by atoms with Crippen LogP contribution in [0.1, 0.15) is 49.8 Å². The third kappa shape index (κ3) is 5.70. The fraction of sp³-hybridized carbons (Fsp3) is 0.368. The Morgan fingerprint density at radius 3 is 2.14 bits per heavy atom. The first-order valence-corrected chi connectivity index (χ1v) is 11.3. The molecule has 0 aliphatic rings. The molecule has 2 N–H and O–H groups in total. The molecular formula is C19H22F3O4PS. The number of hydrogen-bond donors (Lipinski definition) is 2. The number of halogens is 3. The van der Waals surface area contributed by atoms with Crippen molar-refractivity contribution in [2.75, 3.05) is 0 Å². The Balaban J connectivity index is 2.52. The van der Waals surface area contributed by atoms with Crippen molar-refractivity contribution in [3.8, 4) is 17.2 Å². The van der Waals surface area contributed by atoms with Crippen molar-refractivity contribution in [1.29, 1.82) is 0 Å². The summed E-state index contributed by atoms with van der Waals surface area (Å²) in [5.74, 6) is 0.953. The van der Waals surface area contributed by atoms with E-state index in [1.807, 2.05) is 20.8 Å². The first-order valence-electron chi connectivity index (χ1n) is 8.72. The molecule has 0 spiro atoms. The Bertz CT molecular complexity index is 863. The van der Waals surface area contributed by atoms with Crippen molar-refractivity contribution in [2.45, 2.75) is 45.7 Å². The van der Waals surface area contributed by atoms with Gasteiger partial charge in [0.15, 0.2) is 0 Å². The van der Waals surface area contributed by atoms with Gasteiger partial charge in [-0.2, -0.15) is 13.2 Å². The molecule has 0 aliphatic carbocycles. The van der Waals surface area contributed by atoms with Crippen LogP contribution < -0.4 is 9.26 Å². The molecule has 0 fully saturated rings. The van der Waals surface area contributed by atoms with Gasteiger partial charge >= 0.3 is 12.9 Å². The summed E-state index contributed by atoms with van der Waals surface area (Å²) in [6.45, 7) is 1.89. The second-order valence-electron chi connectivity index (χ2n) is 6.33. The Morgan fingerprint density at radius 2 is 1.68 bits per heavy atom. The van der Waals surface area contributed by atoms with E-state index in [9.17, 15) is 23.0 Å². The van der Waals surface area contributed by atoms with Crippen molar-refractivity contribution in [3.63, 3.8) is 0 Å². The van der Waals surface area contributed by atoms with Crippen LogP contribution in [0.4, 0.5) is 13.2 Å². The van der Waals surface area contributed by atoms with E-state index in [0.717, 1.165) is 24.1 Å². The van der Waals surface area contributed by atoms with Crippen LogP contribution in [-0.2, 0) is 24.4 Å². The van der Waals surface area contributed by atoms with Crippen LogP contribution in [0, 0.1) is 0 Å². The van der Waals surface area contributed by atoms with Gasteiger partial charge in [-0.05, 0) is 54.7 Å². The molecule has 0 aromatic heterocycles. The summed E-state index contributed by atoms with van der Waals surface area (Å²) < 4.78 is 49.4. The molecule has 0 aliphatic heterocycles. The summed E-state index contributed by atoms with van der Waals surface area (Å²) in [5, 5.41) is 0. The van der Waals surface area contributed by atoms with E-state index in [0.29, 0.717) is 17.7 Å². The van der Waals surface area contributed by atoms with E-state index >= 15 is 0 Å². The number of rotatable bonds is 7. The standard InChI is InChI=1S/C19H22F3O4PS/c1-4-12(3)16-10-11-17(26-27(23,24)28)15(5-2)18(16)25-14-8-6-13(7-9-14)19(20,21)22/h6-12H,4-5H2,1-3H3,(H2,23,24,28)/t12-/m0/s1. The molecule has 28 heavy (non-hydrogen) atoms. The van der Waals surface area contributed by atoms with Gasteiger partial charge in [-0.15, -0.1) is 0 Å². The minimum atomic E-state index is -4.43. The number of benzene rings is 2. The Kier molecular flexibility index (Phi) is 7.15. The highest BCUT2D eigenvalue weighted by Gasteiger charge is 2.30. The minimum Gasteiger partial charge on any atom is -0.457 e. The van der Waals surface area contributed by atoms with E-state index in [-0.39, 0.29) is 17.4 Å². The molecule has 0 saturated carbocycles. The summed E-state index contributed by atoms with van der Waals surface area (Å²) in [7, 11) is 0. The summed E-state index contributed by atoms with van der Waals surface area (Å²) in [6, 6.07) is 7.74. The highest BCUT2D eigenvalue weighted by atomic mass is 32.5. The molecule has 0 heterocycles. The zero-order valence-corrected chi connectivity index (χ0v) is 17.4. The number of alkyl halides is 3. The molecule has 0 bridgehead atoms. The highest BCUT2D eigenvalue weighted by molar-refractivity contribution is 8.06. The normalized spacial score (nSPS) is 13.3. The monoisotopic (exact) mass is 434 g/mol. The lowest BCUT2D eigenvalue weighted by Gasteiger charge is -2.22. The maximum atomic E-state index is 12.8. The van der Waals surface area contributed by atoms with Gasteiger partial charge in [0, 0.05) is 17.4 Å². The van der Waals surface area contributed by atoms with Gasteiger partial charge in [0.05, 0.1) is 5.56 Å². The average molecular weight is 434 g/mol. The van der Waals surface area contributed by atoms with Crippen LogP contribution in [0.5, 0.6) is 17.2 Å². The van der Waals surface area contributed by atoms with Crippen LogP contribution in [-0.4, -0.2) is 9.79 Å². The molecule has 0 radical (unpaired) electrons. The van der Waals surface area contributed by atoms with E-state index in [1.165, 1.54) is 12.1 Å². The van der Waals surface area contributed by atoms with Crippen molar-refractivity contribution in [3.05, 3.63) is 53.1 Å². The molecular weight excluding hydrogens is 412 g/mol. The molecule has 2 rings (SSSR count). The quantitative estimate of drug-likeness (QED) is 0.511. The largest absolute Gasteiger partial charge is 0.457 e. The van der Waals surface area contributed by atoms with E-state index in [4.69, 9.17) is 9.26 Å². The Hall–Kier alpha value is -1.60. The van der Waals surface area contributed by atoms with Crippen molar-refractivity contribution < 1.29 is 32.2 Å². The molecule has 2 aromatic rings. The molecule has 0 amide bonds. The average Bonchev–Trinajstić information content (AvgIpc) is 2.60. The summed E-state index contributed by atoms with van der Waals surface area (Å²) >= 11 is 4.56. The smallest absolute Gasteiger partial charge is 0.416 e. The minimum absolute atomic E-state index is 0.107. The first-order chi connectivity index (χ1) is 13.0. The summed E-state index contributed by atoms with van der Waals surface area (Å²) in [5.41, 5.74) is 0.641. The summed E-state index contributed by atoms with van der Waals surface area (Å²) in [6.07, 6.45) is -3.18. The highest BCUT2D eigenvalue weighted by Crippen LogP contribution is 2.46. The zero-order valence-electron chi connectivity index (χ0n) is 15.7. The number of hydrogen-bond acceptors (Lipinski definition) is 3. The fourth-order valence-corrected chi connectivity index (χ4v) is 3.40. The van der Waals surface area contributed by atoms with Gasteiger partial charge < -0.3 is 19.0 Å². The first kappa shape index (κ1) is 22.7. The Labute approximate surface area is 167 Å². The van der Waals surface area contributed by atoms with Crippen LogP contribution in [0.2, 0.25) is 0 Å². The van der Waals surface area contributed by atoms with Crippen LogP contribution >= 0.6 is 6.72 Å². The van der Waals surface area contributed by atoms with Crippen LogP contribution in [0.15, 0.2) is 36.4 Å². The van der Waals surface area contributed by atoms with Gasteiger partial charge in [-0.3, -0.25) is 0 Å². The van der Waals surface area contributed by atoms with Gasteiger partial charge in [-0.25, -0.2) is 0 Å². The second kappa shape index (κ2) is 8.82. The lowest BCUT2D eigenvalue weighted by molar-refractivity contribution is -0.137. The van der Waals surface area contributed by atoms with E-state index in [2.05, 4.69) is 11.8 Å². The molecule has 0 unspecified atom stereocenters. The van der Waals surface area contributed by atoms with Gasteiger partial charge in [0.2, 0.25) is 0 Å². The van der Waals surface area contributed by atoms with Crippen LogP contribution in [0.3, 0.4) is 0 Å². The second-order valence-corrected chi connectivity index (χ2v) is 8.92. The molecule has 9 heteroatoms. The molecule has 4 nitrogen and oxygen atoms in total. The third-order valence-electron chi connectivity index (χ3n) is 4.36. The molecule has 1 atom stereocenters. The van der Waals surface area contributed by atoms with Crippen molar-refractivity contribution in [1.82, 2.24) is 0 Å². The molecule has 2 aromatic carbocycles. The Morgan fingerprint density at radius 1 is 1.07 bits per heavy atom. The maximum absolute atomic E-state index is 12.8. The topological polar surface area (TPSA) is 58.9 Å². The van der Waals surface area contributed by atoms with Crippen LogP contribution in [0.25, 0.3) is 0 Å². The molecule has 154 valence electrons. The van der Waals surface area contributed by atoms with Crippen molar-refractivity contribution >= 4 is 18.5 Å². The summed E-state index contributed by atoms with van der Waals surface area (Å²) in [4.78, 5) is 19.0. The predicted molar refractivity (Wildman–Crippen MR) is 105 cm³/mol. The lowest BCUT2D eigenvalue weighted by Crippen LogP contribution is -2.05. The van der Waals surface area contributed by atoms with Gasteiger partial charge in [-0.1, -0.05) is 26.8 Å². The van der Waals surface area contributed by atoms with Gasteiger partial charge in [0.25, 0.3) is 0 Å². The maximum Gasteiger partial charge on any atom is 0.416 e. The van der Waals surface area contributed by atoms with Crippen molar-refractivity contribution in [2.24, 2.45) is 0 Å². The van der Waals surface area contributed by atoms with Gasteiger partial charge in [0.1, 0.15) is 17.2 Å². The molecule has 0 saturated heterocycles. The lowest BCUT2D eigenvalue weighted by atomic mass is 9.94. The fourth-order valence-electron chi connectivity index (χ4n) is 2.73. The van der Waals surface area contributed by atoms with E-state index in [1.54, 1.807) is 12.1 Å². The third-order valence-corrected chi connectivity index (χ3v) is 5.02.